The molecule has 7 heteroatoms. The molecular formula is C18H16Cl2O5. The number of hydrogen-bond donors (Lipinski definition) is 1. The molecule has 1 N–H and O–H groups in total. The largest absolute Gasteiger partial charge is 0.504 e. The molecule has 0 fully saturated rings. The highest BCUT2D eigenvalue weighted by molar-refractivity contribution is 6.35. The number of carbonyl (C=O) groups is 1. The van der Waals surface area contributed by atoms with Crippen molar-refractivity contribution < 1.29 is 24.1 Å². The number of methoxy groups -OCH3 is 1. The van der Waals surface area contributed by atoms with Crippen molar-refractivity contribution >= 4 is 35.2 Å². The average molecular weight is 383 g/mol. The van der Waals surface area contributed by atoms with Gasteiger partial charge in [-0.25, -0.2) is 4.79 Å². The first kappa shape index (κ1) is 19.0. The number of halogens is 2. The molecule has 0 saturated carbocycles. The first-order chi connectivity index (χ1) is 12.0. The van der Waals surface area contributed by atoms with Gasteiger partial charge in [0.1, 0.15) is 19.0 Å². The fourth-order valence-electron chi connectivity index (χ4n) is 1.90. The van der Waals surface area contributed by atoms with E-state index in [1.807, 2.05) is 0 Å². The van der Waals surface area contributed by atoms with E-state index in [0.29, 0.717) is 27.1 Å². The summed E-state index contributed by atoms with van der Waals surface area (Å²) >= 11 is 11.8. The van der Waals surface area contributed by atoms with E-state index in [2.05, 4.69) is 0 Å². The van der Waals surface area contributed by atoms with Crippen LogP contribution in [0.3, 0.4) is 0 Å². The summed E-state index contributed by atoms with van der Waals surface area (Å²) in [7, 11) is 1.45. The van der Waals surface area contributed by atoms with E-state index in [-0.39, 0.29) is 19.0 Å². The van der Waals surface area contributed by atoms with Crippen molar-refractivity contribution in [1.29, 1.82) is 0 Å². The van der Waals surface area contributed by atoms with Crippen molar-refractivity contribution in [2.24, 2.45) is 0 Å². The van der Waals surface area contributed by atoms with Gasteiger partial charge in [-0.2, -0.15) is 0 Å². The summed E-state index contributed by atoms with van der Waals surface area (Å²) in [5, 5.41) is 10.4. The Morgan fingerprint density at radius 3 is 2.64 bits per heavy atom. The zero-order valence-electron chi connectivity index (χ0n) is 13.4. The van der Waals surface area contributed by atoms with Crippen LogP contribution < -0.4 is 9.47 Å². The van der Waals surface area contributed by atoms with Crippen LogP contribution >= 0.6 is 23.2 Å². The molecule has 0 spiro atoms. The van der Waals surface area contributed by atoms with Crippen LogP contribution in [0.5, 0.6) is 17.2 Å². The van der Waals surface area contributed by atoms with E-state index >= 15 is 0 Å². The van der Waals surface area contributed by atoms with Crippen LogP contribution in [0.2, 0.25) is 10.0 Å². The number of benzene rings is 2. The zero-order chi connectivity index (χ0) is 18.2. The average Bonchev–Trinajstić information content (AvgIpc) is 2.59. The van der Waals surface area contributed by atoms with Crippen LogP contribution in [0, 0.1) is 0 Å². The molecule has 0 bridgehead atoms. The molecule has 2 aromatic carbocycles. The number of hydrogen-bond acceptors (Lipinski definition) is 5. The van der Waals surface area contributed by atoms with Crippen molar-refractivity contribution in [3.8, 4) is 17.2 Å². The molecule has 0 radical (unpaired) electrons. The van der Waals surface area contributed by atoms with Gasteiger partial charge in [-0.05, 0) is 42.0 Å². The van der Waals surface area contributed by atoms with Crippen LogP contribution in [-0.2, 0) is 9.53 Å². The second-order valence-electron chi connectivity index (χ2n) is 4.86. The van der Waals surface area contributed by atoms with Crippen molar-refractivity contribution in [3.63, 3.8) is 0 Å². The van der Waals surface area contributed by atoms with Crippen LogP contribution in [-0.4, -0.2) is 31.4 Å². The summed E-state index contributed by atoms with van der Waals surface area (Å²) in [6, 6.07) is 9.60. The minimum absolute atomic E-state index is 0.0280. The van der Waals surface area contributed by atoms with Gasteiger partial charge in [0.25, 0.3) is 0 Å². The summed E-state index contributed by atoms with van der Waals surface area (Å²) in [6.45, 7) is 0.231. The molecule has 2 aromatic rings. The van der Waals surface area contributed by atoms with E-state index in [4.69, 9.17) is 37.4 Å². The van der Waals surface area contributed by atoms with Gasteiger partial charge >= 0.3 is 5.97 Å². The molecule has 5 nitrogen and oxygen atoms in total. The van der Waals surface area contributed by atoms with Crippen LogP contribution in [0.1, 0.15) is 5.56 Å². The molecule has 0 amide bonds. The lowest BCUT2D eigenvalue weighted by atomic mass is 10.2. The molecule has 2 rings (SSSR count). The third-order valence-corrected chi connectivity index (χ3v) is 3.63. The molecule has 0 saturated heterocycles. The maximum Gasteiger partial charge on any atom is 0.330 e. The lowest BCUT2D eigenvalue weighted by Crippen LogP contribution is -2.10. The molecule has 132 valence electrons. The Morgan fingerprint density at radius 2 is 1.92 bits per heavy atom. The summed E-state index contributed by atoms with van der Waals surface area (Å²) in [6.07, 6.45) is 2.84. The number of rotatable bonds is 7. The minimum atomic E-state index is -0.516. The highest BCUT2D eigenvalue weighted by Gasteiger charge is 2.04. The van der Waals surface area contributed by atoms with Gasteiger partial charge < -0.3 is 19.3 Å². The molecule has 25 heavy (non-hydrogen) atoms. The van der Waals surface area contributed by atoms with E-state index in [1.165, 1.54) is 19.3 Å². The third kappa shape index (κ3) is 5.89. The third-order valence-electron chi connectivity index (χ3n) is 3.09. The van der Waals surface area contributed by atoms with Crippen LogP contribution in [0.25, 0.3) is 6.08 Å². The van der Waals surface area contributed by atoms with Crippen molar-refractivity contribution in [3.05, 3.63) is 58.1 Å². The van der Waals surface area contributed by atoms with Crippen LogP contribution in [0.15, 0.2) is 42.5 Å². The van der Waals surface area contributed by atoms with E-state index in [0.717, 1.165) is 0 Å². The van der Waals surface area contributed by atoms with Crippen molar-refractivity contribution in [2.75, 3.05) is 20.3 Å². The molecule has 0 aromatic heterocycles. The highest BCUT2D eigenvalue weighted by Crippen LogP contribution is 2.28. The molecule has 0 aliphatic carbocycles. The maximum atomic E-state index is 11.7. The minimum Gasteiger partial charge on any atom is -0.504 e. The smallest absolute Gasteiger partial charge is 0.330 e. The van der Waals surface area contributed by atoms with Crippen molar-refractivity contribution in [2.45, 2.75) is 0 Å². The number of esters is 1. The Labute approximate surface area is 155 Å². The van der Waals surface area contributed by atoms with E-state index < -0.39 is 5.97 Å². The standard InChI is InChI=1S/C18H16Cl2O5/c1-23-17-10-12(2-5-15(17)21)3-7-18(22)25-9-8-24-16-6-4-13(19)11-14(16)20/h2-7,10-11,21H,8-9H2,1H3. The Morgan fingerprint density at radius 1 is 1.12 bits per heavy atom. The first-order valence-electron chi connectivity index (χ1n) is 7.29. The zero-order valence-corrected chi connectivity index (χ0v) is 14.9. The Kier molecular flexibility index (Phi) is 6.98. The SMILES string of the molecule is COc1cc(C=CC(=O)OCCOc2ccc(Cl)cc2Cl)ccc1O. The summed E-state index contributed by atoms with van der Waals surface area (Å²) < 4.78 is 15.4. The molecule has 0 unspecified atom stereocenters. The molecule has 0 aliphatic heterocycles. The first-order valence-corrected chi connectivity index (χ1v) is 8.05. The lowest BCUT2D eigenvalue weighted by Gasteiger charge is -2.08. The van der Waals surface area contributed by atoms with Crippen molar-refractivity contribution in [1.82, 2.24) is 0 Å². The van der Waals surface area contributed by atoms with Gasteiger partial charge in [0.15, 0.2) is 11.5 Å². The predicted molar refractivity (Wildman–Crippen MR) is 96.6 cm³/mol. The fraction of sp³-hybridized carbons (Fsp3) is 0.167. The highest BCUT2D eigenvalue weighted by atomic mass is 35.5. The molecular weight excluding hydrogens is 367 g/mol. The van der Waals surface area contributed by atoms with Gasteiger partial charge in [0, 0.05) is 11.1 Å². The van der Waals surface area contributed by atoms with Gasteiger partial charge in [-0.3, -0.25) is 0 Å². The van der Waals surface area contributed by atoms with Gasteiger partial charge in [-0.15, -0.1) is 0 Å². The Bertz CT molecular complexity index is 774. The van der Waals surface area contributed by atoms with Gasteiger partial charge in [-0.1, -0.05) is 29.3 Å². The molecule has 0 atom stereocenters. The number of ether oxygens (including phenoxy) is 3. The Hall–Kier alpha value is -2.37. The normalized spacial score (nSPS) is 10.7. The lowest BCUT2D eigenvalue weighted by molar-refractivity contribution is -0.138. The molecule has 0 heterocycles. The van der Waals surface area contributed by atoms with Crippen LogP contribution in [0.4, 0.5) is 0 Å². The van der Waals surface area contributed by atoms with E-state index in [1.54, 1.807) is 36.4 Å². The molecule has 0 aliphatic rings. The summed E-state index contributed by atoms with van der Waals surface area (Å²) in [5.74, 6) is 0.302. The summed E-state index contributed by atoms with van der Waals surface area (Å²) in [4.78, 5) is 11.7. The quantitative estimate of drug-likeness (QED) is 0.438. The monoisotopic (exact) mass is 382 g/mol. The topological polar surface area (TPSA) is 65.0 Å². The second-order valence-corrected chi connectivity index (χ2v) is 5.70. The van der Waals surface area contributed by atoms with Gasteiger partial charge in [0.2, 0.25) is 0 Å². The fourth-order valence-corrected chi connectivity index (χ4v) is 2.36. The summed E-state index contributed by atoms with van der Waals surface area (Å²) in [5.41, 5.74) is 0.691. The predicted octanol–water partition coefficient (Wildman–Crippen LogP) is 4.34. The van der Waals surface area contributed by atoms with Gasteiger partial charge in [0.05, 0.1) is 12.1 Å². The number of phenolic OH excluding ortho intramolecular Hbond substituents is 1. The maximum absolute atomic E-state index is 11.7. The second kappa shape index (κ2) is 9.20. The number of aromatic hydroxyl groups is 1. The number of phenols is 1. The Balaban J connectivity index is 1.78. The van der Waals surface area contributed by atoms with E-state index in [9.17, 15) is 9.90 Å². The number of carbonyl (C=O) groups excluding carboxylic acids is 1.